The Morgan fingerprint density at radius 3 is 2.91 bits per heavy atom. The Kier molecular flexibility index (Phi) is 5.11. The number of aromatic amines is 1. The van der Waals surface area contributed by atoms with Crippen LogP contribution in [0.4, 0.5) is 4.39 Å². The first kappa shape index (κ1) is 16.0. The molecule has 0 aliphatic carbocycles. The lowest BCUT2D eigenvalue weighted by molar-refractivity contribution is -0.121. The van der Waals surface area contributed by atoms with Crippen molar-refractivity contribution in [2.75, 3.05) is 13.7 Å². The quantitative estimate of drug-likeness (QED) is 0.825. The Morgan fingerprint density at radius 1 is 1.45 bits per heavy atom. The van der Waals surface area contributed by atoms with Gasteiger partial charge in [-0.1, -0.05) is 11.6 Å². The van der Waals surface area contributed by atoms with Crippen LogP contribution >= 0.6 is 11.6 Å². The van der Waals surface area contributed by atoms with Crippen LogP contribution in [0.1, 0.15) is 16.8 Å². The van der Waals surface area contributed by atoms with E-state index in [0.717, 1.165) is 0 Å². The molecule has 0 aliphatic heterocycles. The van der Waals surface area contributed by atoms with E-state index in [1.807, 2.05) is 0 Å². The molecule has 0 unspecified atom stereocenters. The Morgan fingerprint density at radius 2 is 2.23 bits per heavy atom. The van der Waals surface area contributed by atoms with Crippen LogP contribution in [0, 0.1) is 5.82 Å². The van der Waals surface area contributed by atoms with Gasteiger partial charge in [0.25, 0.3) is 0 Å². The second-order valence-electron chi connectivity index (χ2n) is 4.35. The van der Waals surface area contributed by atoms with E-state index in [4.69, 9.17) is 16.3 Å². The van der Waals surface area contributed by atoms with E-state index in [1.165, 1.54) is 31.4 Å². The third-order valence-electron chi connectivity index (χ3n) is 2.91. The summed E-state index contributed by atoms with van der Waals surface area (Å²) in [6.07, 6.45) is 1.37. The lowest BCUT2D eigenvalue weighted by Gasteiger charge is -2.06. The Balaban J connectivity index is 2.13. The fourth-order valence-corrected chi connectivity index (χ4v) is 1.93. The average molecular weight is 326 g/mol. The molecule has 0 saturated heterocycles. The molecule has 1 heterocycles. The van der Waals surface area contributed by atoms with Crippen LogP contribution in [0.25, 0.3) is 11.3 Å². The fraction of sp³-hybridized carbons (Fsp3) is 0.214. The van der Waals surface area contributed by atoms with E-state index in [1.54, 1.807) is 0 Å². The molecule has 0 radical (unpaired) electrons. The molecule has 6 nitrogen and oxygen atoms in total. The zero-order valence-electron chi connectivity index (χ0n) is 11.7. The summed E-state index contributed by atoms with van der Waals surface area (Å²) in [5.41, 5.74) is 1.05. The minimum atomic E-state index is -0.631. The minimum absolute atomic E-state index is 0.0483. The van der Waals surface area contributed by atoms with Crippen molar-refractivity contribution >= 4 is 23.5 Å². The molecule has 0 fully saturated rings. The van der Waals surface area contributed by atoms with Gasteiger partial charge >= 0.3 is 5.97 Å². The van der Waals surface area contributed by atoms with E-state index in [2.05, 4.69) is 15.5 Å². The number of aromatic nitrogens is 2. The SMILES string of the molecule is CNC(=O)CCOC(=O)c1cn[nH]c1-c1ccc(F)c(Cl)c1. The van der Waals surface area contributed by atoms with Gasteiger partial charge in [-0.15, -0.1) is 0 Å². The van der Waals surface area contributed by atoms with Gasteiger partial charge in [0.15, 0.2) is 0 Å². The van der Waals surface area contributed by atoms with Crippen LogP contribution in [0.2, 0.25) is 5.02 Å². The number of esters is 1. The van der Waals surface area contributed by atoms with Crippen molar-refractivity contribution in [1.82, 2.24) is 15.5 Å². The van der Waals surface area contributed by atoms with E-state index in [9.17, 15) is 14.0 Å². The summed E-state index contributed by atoms with van der Waals surface area (Å²) < 4.78 is 18.2. The topological polar surface area (TPSA) is 84.1 Å². The Hall–Kier alpha value is -2.41. The Bertz CT molecular complexity index is 702. The lowest BCUT2D eigenvalue weighted by atomic mass is 10.1. The van der Waals surface area contributed by atoms with Crippen molar-refractivity contribution in [2.45, 2.75) is 6.42 Å². The fourth-order valence-electron chi connectivity index (χ4n) is 1.75. The van der Waals surface area contributed by atoms with Gasteiger partial charge in [-0.05, 0) is 18.2 Å². The van der Waals surface area contributed by atoms with E-state index < -0.39 is 11.8 Å². The van der Waals surface area contributed by atoms with Gasteiger partial charge in [0.05, 0.1) is 23.3 Å². The molecule has 0 atom stereocenters. The summed E-state index contributed by atoms with van der Waals surface area (Å²) >= 11 is 5.73. The van der Waals surface area contributed by atoms with Crippen LogP contribution in [-0.2, 0) is 9.53 Å². The summed E-state index contributed by atoms with van der Waals surface area (Å²) in [6, 6.07) is 4.04. The number of halogens is 2. The van der Waals surface area contributed by atoms with E-state index in [0.29, 0.717) is 11.3 Å². The lowest BCUT2D eigenvalue weighted by Crippen LogP contribution is -2.20. The first-order valence-corrected chi connectivity index (χ1v) is 6.77. The third-order valence-corrected chi connectivity index (χ3v) is 3.20. The first-order valence-electron chi connectivity index (χ1n) is 6.39. The van der Waals surface area contributed by atoms with Crippen molar-refractivity contribution in [3.05, 3.63) is 40.8 Å². The number of hydrogen-bond donors (Lipinski definition) is 2. The number of ether oxygens (including phenoxy) is 1. The zero-order valence-corrected chi connectivity index (χ0v) is 12.4. The highest BCUT2D eigenvalue weighted by Gasteiger charge is 2.17. The van der Waals surface area contributed by atoms with E-state index >= 15 is 0 Å². The molecule has 116 valence electrons. The van der Waals surface area contributed by atoms with Crippen LogP contribution in [0.3, 0.4) is 0 Å². The molecule has 1 aromatic carbocycles. The molecule has 2 aromatic rings. The van der Waals surface area contributed by atoms with Crippen LogP contribution in [0.5, 0.6) is 0 Å². The van der Waals surface area contributed by atoms with Crippen LogP contribution in [-0.4, -0.2) is 35.7 Å². The number of amides is 1. The number of carbonyl (C=O) groups is 2. The average Bonchev–Trinajstić information content (AvgIpc) is 2.99. The molecule has 1 amide bonds. The van der Waals surface area contributed by atoms with Crippen molar-refractivity contribution in [3.8, 4) is 11.3 Å². The maximum Gasteiger partial charge on any atom is 0.342 e. The van der Waals surface area contributed by atoms with Crippen molar-refractivity contribution in [2.24, 2.45) is 0 Å². The zero-order chi connectivity index (χ0) is 16.1. The third kappa shape index (κ3) is 3.62. The highest BCUT2D eigenvalue weighted by atomic mass is 35.5. The van der Waals surface area contributed by atoms with Crippen molar-refractivity contribution in [1.29, 1.82) is 0 Å². The Labute approximate surface area is 130 Å². The predicted octanol–water partition coefficient (Wildman–Crippen LogP) is 2.16. The van der Waals surface area contributed by atoms with Gasteiger partial charge in [0, 0.05) is 12.6 Å². The summed E-state index contributed by atoms with van der Waals surface area (Å²) in [4.78, 5) is 23.1. The molecule has 22 heavy (non-hydrogen) atoms. The number of hydrogen-bond acceptors (Lipinski definition) is 4. The predicted molar refractivity (Wildman–Crippen MR) is 78.0 cm³/mol. The molecule has 2 rings (SSSR count). The maximum absolute atomic E-state index is 13.2. The second-order valence-corrected chi connectivity index (χ2v) is 4.75. The summed E-state index contributed by atoms with van der Waals surface area (Å²) in [6.45, 7) is -0.0483. The first-order chi connectivity index (χ1) is 10.5. The number of nitrogens with zero attached hydrogens (tertiary/aromatic N) is 1. The van der Waals surface area contributed by atoms with Crippen molar-refractivity contribution < 1.29 is 18.7 Å². The minimum Gasteiger partial charge on any atom is -0.461 e. The highest BCUT2D eigenvalue weighted by Crippen LogP contribution is 2.26. The van der Waals surface area contributed by atoms with Crippen molar-refractivity contribution in [3.63, 3.8) is 0 Å². The number of carbonyl (C=O) groups excluding carboxylic acids is 2. The van der Waals surface area contributed by atoms with Gasteiger partial charge < -0.3 is 10.1 Å². The maximum atomic E-state index is 13.2. The van der Waals surface area contributed by atoms with Gasteiger partial charge in [-0.25, -0.2) is 9.18 Å². The van der Waals surface area contributed by atoms with Gasteiger partial charge in [-0.2, -0.15) is 5.10 Å². The number of benzene rings is 1. The number of nitrogens with one attached hydrogen (secondary N) is 2. The van der Waals surface area contributed by atoms with Gasteiger partial charge in [0.1, 0.15) is 18.0 Å². The molecule has 0 aliphatic rings. The van der Waals surface area contributed by atoms with Crippen LogP contribution < -0.4 is 5.32 Å². The largest absolute Gasteiger partial charge is 0.461 e. The molecule has 8 heteroatoms. The molecule has 0 spiro atoms. The van der Waals surface area contributed by atoms with Gasteiger partial charge in [-0.3, -0.25) is 9.89 Å². The molecule has 0 bridgehead atoms. The standard InChI is InChI=1S/C14H13ClFN3O3/c1-17-12(20)4-5-22-14(21)9-7-18-19-13(9)8-2-3-11(16)10(15)6-8/h2-3,6-7H,4-5H2,1H3,(H,17,20)(H,18,19). The van der Waals surface area contributed by atoms with Gasteiger partial charge in [0.2, 0.25) is 5.91 Å². The molecule has 0 saturated carbocycles. The number of rotatable bonds is 5. The van der Waals surface area contributed by atoms with E-state index in [-0.39, 0.29) is 29.5 Å². The summed E-state index contributed by atoms with van der Waals surface area (Å²) in [7, 11) is 1.50. The number of H-pyrrole nitrogens is 1. The molecule has 1 aromatic heterocycles. The normalized spacial score (nSPS) is 10.3. The second kappa shape index (κ2) is 7.04. The summed E-state index contributed by atoms with van der Waals surface area (Å²) in [5.74, 6) is -1.42. The van der Waals surface area contributed by atoms with Crippen LogP contribution in [0.15, 0.2) is 24.4 Å². The highest BCUT2D eigenvalue weighted by molar-refractivity contribution is 6.31. The molecular formula is C14H13ClFN3O3. The summed E-state index contributed by atoms with van der Waals surface area (Å²) in [5, 5.41) is 8.80. The monoisotopic (exact) mass is 325 g/mol. The smallest absolute Gasteiger partial charge is 0.342 e. The molecular weight excluding hydrogens is 313 g/mol. The molecule has 2 N–H and O–H groups in total.